The maximum absolute atomic E-state index is 12.0. The number of nitrogens with one attached hydrogen (secondary N) is 1. The molecule has 8 heteroatoms. The molecule has 0 fully saturated rings. The van der Waals surface area contributed by atoms with E-state index >= 15 is 0 Å². The molecule has 0 radical (unpaired) electrons. The number of ether oxygens (including phenoxy) is 2. The van der Waals surface area contributed by atoms with E-state index in [4.69, 9.17) is 9.47 Å². The third-order valence-electron chi connectivity index (χ3n) is 4.41. The summed E-state index contributed by atoms with van der Waals surface area (Å²) in [6.45, 7) is 4.05. The van der Waals surface area contributed by atoms with E-state index in [1.807, 2.05) is 43.3 Å². The number of anilines is 1. The number of hydrogen-bond donors (Lipinski definition) is 1. The van der Waals surface area contributed by atoms with Gasteiger partial charge in [0.2, 0.25) is 5.91 Å². The van der Waals surface area contributed by atoms with E-state index in [9.17, 15) is 9.59 Å². The predicted octanol–water partition coefficient (Wildman–Crippen LogP) is 3.53. The van der Waals surface area contributed by atoms with Crippen LogP contribution in [0, 0.1) is 6.92 Å². The number of aryl methyl sites for hydroxylation is 1. The molecule has 30 heavy (non-hydrogen) atoms. The maximum atomic E-state index is 12.0. The van der Waals surface area contributed by atoms with Crippen LogP contribution in [0.15, 0.2) is 48.5 Å². The zero-order valence-electron chi connectivity index (χ0n) is 17.2. The molecule has 0 atom stereocenters. The van der Waals surface area contributed by atoms with E-state index in [-0.39, 0.29) is 30.7 Å². The lowest BCUT2D eigenvalue weighted by Gasteiger charge is -2.09. The standard InChI is InChI=1S/C22H24N4O4/c1-4-30-20(28)14-13-19(27)23-16-9-11-17(12-10-16)26-21(24-22(25-26)29-3)18-8-6-5-7-15(18)2/h5-12H,4,13-14H2,1-3H3,(H,23,27). The van der Waals surface area contributed by atoms with Crippen molar-refractivity contribution >= 4 is 17.6 Å². The summed E-state index contributed by atoms with van der Waals surface area (Å²) in [6.07, 6.45) is 0.120. The van der Waals surface area contributed by atoms with Crippen LogP contribution in [-0.4, -0.2) is 40.4 Å². The van der Waals surface area contributed by atoms with Crippen molar-refractivity contribution in [3.8, 4) is 23.1 Å². The summed E-state index contributed by atoms with van der Waals surface area (Å²) in [5.41, 5.74) is 3.41. The van der Waals surface area contributed by atoms with Crippen molar-refractivity contribution in [2.24, 2.45) is 0 Å². The van der Waals surface area contributed by atoms with Crippen LogP contribution >= 0.6 is 0 Å². The van der Waals surface area contributed by atoms with Crippen molar-refractivity contribution in [3.05, 3.63) is 54.1 Å². The zero-order valence-corrected chi connectivity index (χ0v) is 17.2. The van der Waals surface area contributed by atoms with Gasteiger partial charge in [-0.05, 0) is 43.7 Å². The summed E-state index contributed by atoms with van der Waals surface area (Å²) in [5.74, 6) is 0.0295. The van der Waals surface area contributed by atoms with Crippen LogP contribution in [-0.2, 0) is 14.3 Å². The number of amides is 1. The molecule has 2 aromatic carbocycles. The lowest BCUT2D eigenvalue weighted by Crippen LogP contribution is -2.14. The molecule has 0 unspecified atom stereocenters. The second kappa shape index (κ2) is 9.69. The van der Waals surface area contributed by atoms with Gasteiger partial charge in [0.05, 0.1) is 25.8 Å². The van der Waals surface area contributed by atoms with Crippen LogP contribution in [0.5, 0.6) is 6.01 Å². The van der Waals surface area contributed by atoms with Gasteiger partial charge >= 0.3 is 12.0 Å². The first-order valence-corrected chi connectivity index (χ1v) is 9.64. The highest BCUT2D eigenvalue weighted by atomic mass is 16.5. The summed E-state index contributed by atoms with van der Waals surface area (Å²) >= 11 is 0. The number of carbonyl (C=O) groups is 2. The Morgan fingerprint density at radius 3 is 2.47 bits per heavy atom. The molecule has 156 valence electrons. The van der Waals surface area contributed by atoms with Crippen LogP contribution in [0.3, 0.4) is 0 Å². The molecule has 1 amide bonds. The monoisotopic (exact) mass is 408 g/mol. The Kier molecular flexibility index (Phi) is 6.79. The quantitative estimate of drug-likeness (QED) is 0.573. The number of methoxy groups -OCH3 is 1. The minimum absolute atomic E-state index is 0.0519. The Balaban J connectivity index is 1.77. The Hall–Kier alpha value is -3.68. The minimum Gasteiger partial charge on any atom is -0.466 e. The first-order chi connectivity index (χ1) is 14.5. The molecular weight excluding hydrogens is 384 g/mol. The number of hydrogen-bond acceptors (Lipinski definition) is 6. The number of rotatable bonds is 8. The molecule has 3 aromatic rings. The second-order valence-corrected chi connectivity index (χ2v) is 6.55. The highest BCUT2D eigenvalue weighted by molar-refractivity contribution is 5.92. The highest BCUT2D eigenvalue weighted by Gasteiger charge is 2.16. The van der Waals surface area contributed by atoms with E-state index < -0.39 is 0 Å². The number of esters is 1. The van der Waals surface area contributed by atoms with Crippen molar-refractivity contribution in [3.63, 3.8) is 0 Å². The number of nitrogens with zero attached hydrogens (tertiary/aromatic N) is 3. The third kappa shape index (κ3) is 5.02. The van der Waals surface area contributed by atoms with Gasteiger partial charge in [0, 0.05) is 17.7 Å². The predicted molar refractivity (Wildman–Crippen MR) is 113 cm³/mol. The molecule has 3 rings (SSSR count). The molecule has 0 bridgehead atoms. The van der Waals surface area contributed by atoms with E-state index in [1.165, 1.54) is 7.11 Å². The normalized spacial score (nSPS) is 10.5. The van der Waals surface area contributed by atoms with Crippen molar-refractivity contribution < 1.29 is 19.1 Å². The molecule has 1 heterocycles. The lowest BCUT2D eigenvalue weighted by molar-refractivity contribution is -0.144. The maximum Gasteiger partial charge on any atom is 0.336 e. The average Bonchev–Trinajstić information content (AvgIpc) is 3.18. The van der Waals surface area contributed by atoms with Gasteiger partial charge in [0.15, 0.2) is 5.82 Å². The van der Waals surface area contributed by atoms with Crippen molar-refractivity contribution in [1.29, 1.82) is 0 Å². The van der Waals surface area contributed by atoms with E-state index in [1.54, 1.807) is 23.7 Å². The fraction of sp³-hybridized carbons (Fsp3) is 0.273. The topological polar surface area (TPSA) is 95.3 Å². The fourth-order valence-corrected chi connectivity index (χ4v) is 2.92. The van der Waals surface area contributed by atoms with Crippen LogP contribution in [0.2, 0.25) is 0 Å². The van der Waals surface area contributed by atoms with Crippen LogP contribution in [0.1, 0.15) is 25.3 Å². The molecule has 8 nitrogen and oxygen atoms in total. The van der Waals surface area contributed by atoms with Gasteiger partial charge in [-0.1, -0.05) is 24.3 Å². The summed E-state index contributed by atoms with van der Waals surface area (Å²) in [7, 11) is 1.52. The van der Waals surface area contributed by atoms with Crippen molar-refractivity contribution in [2.45, 2.75) is 26.7 Å². The molecule has 0 aliphatic rings. The number of carbonyl (C=O) groups excluding carboxylic acids is 2. The summed E-state index contributed by atoms with van der Waals surface area (Å²) in [5, 5.41) is 7.19. The van der Waals surface area contributed by atoms with E-state index in [0.29, 0.717) is 18.1 Å². The lowest BCUT2D eigenvalue weighted by atomic mass is 10.1. The Labute approximate surface area is 174 Å². The summed E-state index contributed by atoms with van der Waals surface area (Å²) < 4.78 is 11.8. The van der Waals surface area contributed by atoms with Crippen LogP contribution in [0.4, 0.5) is 5.69 Å². The van der Waals surface area contributed by atoms with Gasteiger partial charge in [-0.15, -0.1) is 5.10 Å². The molecule has 0 aliphatic heterocycles. The SMILES string of the molecule is CCOC(=O)CCC(=O)Nc1ccc(-n2nc(OC)nc2-c2ccccc2C)cc1. The first kappa shape index (κ1) is 21.0. The largest absolute Gasteiger partial charge is 0.466 e. The molecule has 1 N–H and O–H groups in total. The highest BCUT2D eigenvalue weighted by Crippen LogP contribution is 2.26. The smallest absolute Gasteiger partial charge is 0.336 e. The molecule has 0 saturated heterocycles. The Morgan fingerprint density at radius 1 is 1.07 bits per heavy atom. The number of benzene rings is 2. The van der Waals surface area contributed by atoms with Crippen LogP contribution < -0.4 is 10.1 Å². The van der Waals surface area contributed by atoms with E-state index in [0.717, 1.165) is 16.8 Å². The third-order valence-corrected chi connectivity index (χ3v) is 4.41. The Bertz CT molecular complexity index is 1030. The molecule has 0 spiro atoms. The molecule has 1 aromatic heterocycles. The minimum atomic E-state index is -0.383. The molecule has 0 saturated carbocycles. The Morgan fingerprint density at radius 2 is 1.80 bits per heavy atom. The van der Waals surface area contributed by atoms with Gasteiger partial charge in [-0.3, -0.25) is 9.59 Å². The van der Waals surface area contributed by atoms with Gasteiger partial charge in [0.1, 0.15) is 0 Å². The van der Waals surface area contributed by atoms with Crippen molar-refractivity contribution in [2.75, 3.05) is 19.0 Å². The molecular formula is C22H24N4O4. The van der Waals surface area contributed by atoms with Gasteiger partial charge in [-0.25, -0.2) is 4.68 Å². The van der Waals surface area contributed by atoms with Gasteiger partial charge < -0.3 is 14.8 Å². The van der Waals surface area contributed by atoms with Gasteiger partial charge in [0.25, 0.3) is 0 Å². The zero-order chi connectivity index (χ0) is 21.5. The summed E-state index contributed by atoms with van der Waals surface area (Å²) in [4.78, 5) is 27.9. The van der Waals surface area contributed by atoms with Crippen LogP contribution in [0.25, 0.3) is 17.1 Å². The van der Waals surface area contributed by atoms with E-state index in [2.05, 4.69) is 15.4 Å². The summed E-state index contributed by atoms with van der Waals surface area (Å²) in [6, 6.07) is 15.4. The molecule has 0 aliphatic carbocycles. The van der Waals surface area contributed by atoms with Crippen molar-refractivity contribution in [1.82, 2.24) is 14.8 Å². The number of aromatic nitrogens is 3. The first-order valence-electron chi connectivity index (χ1n) is 9.64. The fourth-order valence-electron chi connectivity index (χ4n) is 2.92. The average molecular weight is 408 g/mol. The second-order valence-electron chi connectivity index (χ2n) is 6.55. The van der Waals surface area contributed by atoms with Gasteiger partial charge in [-0.2, -0.15) is 4.98 Å².